The highest BCUT2D eigenvalue weighted by Crippen LogP contribution is 2.30. The summed E-state index contributed by atoms with van der Waals surface area (Å²) < 4.78 is 10.2. The number of benzene rings is 1. The third-order valence-corrected chi connectivity index (χ3v) is 2.91. The molecular weight excluding hydrogens is 250 g/mol. The average Bonchev–Trinajstić information content (AvgIpc) is 2.43. The van der Waals surface area contributed by atoms with Crippen LogP contribution in [0.3, 0.4) is 0 Å². The van der Waals surface area contributed by atoms with Gasteiger partial charge in [-0.15, -0.1) is 0 Å². The molecule has 1 heterocycles. The van der Waals surface area contributed by atoms with Gasteiger partial charge in [0.25, 0.3) is 0 Å². The Balaban J connectivity index is 2.09. The van der Waals surface area contributed by atoms with Crippen LogP contribution < -0.4 is 10.1 Å². The normalized spacial score (nSPS) is 16.8. The quantitative estimate of drug-likeness (QED) is 0.803. The summed E-state index contributed by atoms with van der Waals surface area (Å²) in [7, 11) is 1.32. The van der Waals surface area contributed by atoms with E-state index in [2.05, 4.69) is 10.1 Å². The number of methoxy groups -OCH3 is 1. The van der Waals surface area contributed by atoms with E-state index in [4.69, 9.17) is 9.84 Å². The van der Waals surface area contributed by atoms with Crippen molar-refractivity contribution in [1.82, 2.24) is 0 Å². The Morgan fingerprint density at radius 2 is 2.32 bits per heavy atom. The number of carbonyl (C=O) groups excluding carboxylic acids is 1. The highest BCUT2D eigenvalue weighted by Gasteiger charge is 2.21. The molecular formula is C13H15NO5. The molecule has 1 aromatic rings. The second-order valence-corrected chi connectivity index (χ2v) is 4.29. The molecule has 102 valence electrons. The number of carboxylic acid groups (broad SMARTS) is 1. The summed E-state index contributed by atoms with van der Waals surface area (Å²) in [5.74, 6) is -0.604. The number of rotatable bonds is 4. The number of ether oxygens (including phenoxy) is 2. The highest BCUT2D eigenvalue weighted by atomic mass is 16.5. The van der Waals surface area contributed by atoms with E-state index in [-0.39, 0.29) is 12.5 Å². The van der Waals surface area contributed by atoms with Crippen LogP contribution in [0.4, 0.5) is 5.69 Å². The van der Waals surface area contributed by atoms with E-state index in [1.54, 1.807) is 18.2 Å². The minimum Gasteiger partial charge on any atom is -0.489 e. The van der Waals surface area contributed by atoms with E-state index < -0.39 is 11.9 Å². The standard InChI is InChI=1S/C13H15NO5/c1-18-13(17)8-2-4-11-10(6-8)14-9(7-19-11)3-5-12(15)16/h2,4,6,9,14H,3,5,7H2,1H3,(H,15,16). The van der Waals surface area contributed by atoms with Gasteiger partial charge in [0.05, 0.1) is 24.4 Å². The molecule has 0 bridgehead atoms. The third-order valence-electron chi connectivity index (χ3n) is 2.91. The monoisotopic (exact) mass is 265 g/mol. The molecule has 0 spiro atoms. The van der Waals surface area contributed by atoms with Crippen molar-refractivity contribution in [2.24, 2.45) is 0 Å². The van der Waals surface area contributed by atoms with E-state index in [1.807, 2.05) is 0 Å². The first-order valence-corrected chi connectivity index (χ1v) is 5.93. The fraction of sp³-hybridized carbons (Fsp3) is 0.385. The van der Waals surface area contributed by atoms with Crippen molar-refractivity contribution >= 4 is 17.6 Å². The van der Waals surface area contributed by atoms with Crippen molar-refractivity contribution < 1.29 is 24.2 Å². The number of esters is 1. The minimum atomic E-state index is -0.837. The average molecular weight is 265 g/mol. The first-order chi connectivity index (χ1) is 9.10. The summed E-state index contributed by atoms with van der Waals surface area (Å²) in [5.41, 5.74) is 1.11. The topological polar surface area (TPSA) is 84.9 Å². The Kier molecular flexibility index (Phi) is 3.89. The largest absolute Gasteiger partial charge is 0.489 e. The zero-order valence-electron chi connectivity index (χ0n) is 10.5. The van der Waals surface area contributed by atoms with Crippen LogP contribution in [-0.2, 0) is 9.53 Å². The lowest BCUT2D eigenvalue weighted by Gasteiger charge is -2.27. The van der Waals surface area contributed by atoms with Crippen molar-refractivity contribution in [2.75, 3.05) is 19.0 Å². The Morgan fingerprint density at radius 3 is 3.00 bits per heavy atom. The van der Waals surface area contributed by atoms with Crippen molar-refractivity contribution in [3.8, 4) is 5.75 Å². The summed E-state index contributed by atoms with van der Waals surface area (Å²) in [6.45, 7) is 0.415. The van der Waals surface area contributed by atoms with E-state index in [1.165, 1.54) is 7.11 Å². The van der Waals surface area contributed by atoms with Gasteiger partial charge in [-0.2, -0.15) is 0 Å². The summed E-state index contributed by atoms with van der Waals surface area (Å²) in [5, 5.41) is 11.8. The van der Waals surface area contributed by atoms with Crippen LogP contribution >= 0.6 is 0 Å². The second kappa shape index (κ2) is 5.60. The second-order valence-electron chi connectivity index (χ2n) is 4.29. The fourth-order valence-electron chi connectivity index (χ4n) is 1.92. The Hall–Kier alpha value is -2.24. The minimum absolute atomic E-state index is 0.0727. The zero-order valence-corrected chi connectivity index (χ0v) is 10.5. The predicted octanol–water partition coefficient (Wildman–Crippen LogP) is 1.51. The smallest absolute Gasteiger partial charge is 0.337 e. The van der Waals surface area contributed by atoms with Gasteiger partial charge in [0.15, 0.2) is 0 Å². The van der Waals surface area contributed by atoms with Crippen LogP contribution in [0.5, 0.6) is 5.75 Å². The molecule has 0 amide bonds. The molecule has 1 atom stereocenters. The number of hydrogen-bond donors (Lipinski definition) is 2. The molecule has 0 saturated heterocycles. The van der Waals surface area contributed by atoms with Gasteiger partial charge in [-0.05, 0) is 24.6 Å². The van der Waals surface area contributed by atoms with Crippen LogP contribution in [0, 0.1) is 0 Å². The van der Waals surface area contributed by atoms with Gasteiger partial charge in [0.2, 0.25) is 0 Å². The summed E-state index contributed by atoms with van der Waals surface area (Å²) in [4.78, 5) is 22.0. The number of aliphatic carboxylic acids is 1. The van der Waals surface area contributed by atoms with Gasteiger partial charge < -0.3 is 19.9 Å². The molecule has 1 unspecified atom stereocenters. The molecule has 0 aromatic heterocycles. The number of carboxylic acids is 1. The number of nitrogens with one attached hydrogen (secondary N) is 1. The number of fused-ring (bicyclic) bond motifs is 1. The van der Waals surface area contributed by atoms with E-state index in [0.717, 1.165) is 0 Å². The molecule has 1 aliphatic heterocycles. The molecule has 6 heteroatoms. The van der Waals surface area contributed by atoms with Crippen LogP contribution in [0.1, 0.15) is 23.2 Å². The van der Waals surface area contributed by atoms with E-state index >= 15 is 0 Å². The molecule has 2 N–H and O–H groups in total. The van der Waals surface area contributed by atoms with Crippen LogP contribution in [0.2, 0.25) is 0 Å². The van der Waals surface area contributed by atoms with Gasteiger partial charge >= 0.3 is 11.9 Å². The highest BCUT2D eigenvalue weighted by molar-refractivity contribution is 5.91. The zero-order chi connectivity index (χ0) is 13.8. The van der Waals surface area contributed by atoms with Crippen molar-refractivity contribution in [2.45, 2.75) is 18.9 Å². The Bertz CT molecular complexity index is 500. The lowest BCUT2D eigenvalue weighted by atomic mass is 10.1. The molecule has 0 saturated carbocycles. The van der Waals surface area contributed by atoms with Gasteiger partial charge in [-0.3, -0.25) is 4.79 Å². The lowest BCUT2D eigenvalue weighted by molar-refractivity contribution is -0.137. The van der Waals surface area contributed by atoms with Crippen LogP contribution in [0.25, 0.3) is 0 Å². The van der Waals surface area contributed by atoms with Crippen molar-refractivity contribution in [1.29, 1.82) is 0 Å². The SMILES string of the molecule is COC(=O)c1ccc2c(c1)NC(CCC(=O)O)CO2. The first-order valence-electron chi connectivity index (χ1n) is 5.93. The molecule has 1 aromatic carbocycles. The van der Waals surface area contributed by atoms with Crippen LogP contribution in [0.15, 0.2) is 18.2 Å². The molecule has 2 rings (SSSR count). The summed E-state index contributed by atoms with van der Waals surface area (Å²) >= 11 is 0. The maximum Gasteiger partial charge on any atom is 0.337 e. The van der Waals surface area contributed by atoms with E-state index in [0.29, 0.717) is 30.0 Å². The number of carbonyl (C=O) groups is 2. The summed E-state index contributed by atoms with van der Waals surface area (Å²) in [6, 6.07) is 4.90. The van der Waals surface area contributed by atoms with Gasteiger partial charge in [0.1, 0.15) is 12.4 Å². The Labute approximate surface area is 110 Å². The molecule has 0 aliphatic carbocycles. The Morgan fingerprint density at radius 1 is 1.53 bits per heavy atom. The van der Waals surface area contributed by atoms with Crippen LogP contribution in [-0.4, -0.2) is 36.8 Å². The molecule has 19 heavy (non-hydrogen) atoms. The first kappa shape index (κ1) is 13.2. The molecule has 0 fully saturated rings. The fourth-order valence-corrected chi connectivity index (χ4v) is 1.92. The van der Waals surface area contributed by atoms with Gasteiger partial charge in [-0.1, -0.05) is 0 Å². The molecule has 1 aliphatic rings. The molecule has 6 nitrogen and oxygen atoms in total. The van der Waals surface area contributed by atoms with Gasteiger partial charge in [0, 0.05) is 6.42 Å². The number of anilines is 1. The van der Waals surface area contributed by atoms with E-state index in [9.17, 15) is 9.59 Å². The van der Waals surface area contributed by atoms with Crippen molar-refractivity contribution in [3.05, 3.63) is 23.8 Å². The lowest BCUT2D eigenvalue weighted by Crippen LogP contribution is -2.32. The maximum atomic E-state index is 11.4. The maximum absolute atomic E-state index is 11.4. The summed E-state index contributed by atoms with van der Waals surface area (Å²) in [6.07, 6.45) is 0.546. The van der Waals surface area contributed by atoms with Crippen molar-refractivity contribution in [3.63, 3.8) is 0 Å². The third kappa shape index (κ3) is 3.15. The van der Waals surface area contributed by atoms with Gasteiger partial charge in [-0.25, -0.2) is 4.79 Å². The number of hydrogen-bond acceptors (Lipinski definition) is 5. The molecule has 0 radical (unpaired) electrons. The predicted molar refractivity (Wildman–Crippen MR) is 67.6 cm³/mol.